The van der Waals surface area contributed by atoms with Crippen molar-refractivity contribution in [3.63, 3.8) is 0 Å². The Morgan fingerprint density at radius 3 is 2.88 bits per heavy atom. The van der Waals surface area contributed by atoms with E-state index in [0.29, 0.717) is 12.3 Å². The standard InChI is InChI=1S/C18H20N2O3S/c1-23-17-3-2-15(9-16(17)22)18-19-5-6-20(18)10-14(11-21)8-13-4-7-24-12-13/h2-7,9,12,14,21-22H,8,10-11H2,1H3/t14-/m1/s1. The quantitative estimate of drug-likeness (QED) is 0.691. The second-order valence-corrected chi connectivity index (χ2v) is 6.45. The minimum absolute atomic E-state index is 0.0848. The Morgan fingerprint density at radius 1 is 1.33 bits per heavy atom. The van der Waals surface area contributed by atoms with Gasteiger partial charge in [-0.05, 0) is 47.0 Å². The first kappa shape index (κ1) is 16.5. The molecular weight excluding hydrogens is 324 g/mol. The van der Waals surface area contributed by atoms with Gasteiger partial charge in [-0.2, -0.15) is 11.3 Å². The molecule has 2 heterocycles. The number of phenols is 1. The van der Waals surface area contributed by atoms with E-state index >= 15 is 0 Å². The maximum atomic E-state index is 9.98. The summed E-state index contributed by atoms with van der Waals surface area (Å²) in [6, 6.07) is 7.32. The first-order valence-electron chi connectivity index (χ1n) is 7.71. The number of hydrogen-bond acceptors (Lipinski definition) is 5. The molecule has 2 N–H and O–H groups in total. The Kier molecular flexibility index (Phi) is 5.17. The number of thiophene rings is 1. The van der Waals surface area contributed by atoms with E-state index in [-0.39, 0.29) is 18.3 Å². The number of methoxy groups -OCH3 is 1. The molecular formula is C18H20N2O3S. The van der Waals surface area contributed by atoms with Gasteiger partial charge in [0.1, 0.15) is 5.82 Å². The van der Waals surface area contributed by atoms with Crippen molar-refractivity contribution >= 4 is 11.3 Å². The number of aliphatic hydroxyl groups is 1. The second-order valence-electron chi connectivity index (χ2n) is 5.67. The number of phenolic OH excluding ortho intramolecular Hbond substituents is 1. The minimum Gasteiger partial charge on any atom is -0.504 e. The summed E-state index contributed by atoms with van der Waals surface area (Å²) in [5, 5.41) is 23.8. The zero-order chi connectivity index (χ0) is 16.9. The van der Waals surface area contributed by atoms with Gasteiger partial charge in [0.05, 0.1) is 7.11 Å². The topological polar surface area (TPSA) is 67.5 Å². The summed E-state index contributed by atoms with van der Waals surface area (Å²) in [6.45, 7) is 0.774. The molecule has 5 nitrogen and oxygen atoms in total. The van der Waals surface area contributed by atoms with Gasteiger partial charge >= 0.3 is 0 Å². The molecule has 3 rings (SSSR count). The van der Waals surface area contributed by atoms with Crippen LogP contribution in [-0.4, -0.2) is 33.5 Å². The number of hydrogen-bond donors (Lipinski definition) is 2. The van der Waals surface area contributed by atoms with E-state index in [0.717, 1.165) is 17.8 Å². The number of rotatable bonds is 7. The van der Waals surface area contributed by atoms with Crippen LogP contribution in [0.1, 0.15) is 5.56 Å². The summed E-state index contributed by atoms with van der Waals surface area (Å²) < 4.78 is 7.09. The van der Waals surface area contributed by atoms with Gasteiger partial charge in [0, 0.05) is 37.0 Å². The highest BCUT2D eigenvalue weighted by atomic mass is 32.1. The Morgan fingerprint density at radius 2 is 2.21 bits per heavy atom. The molecule has 0 aliphatic rings. The van der Waals surface area contributed by atoms with Gasteiger partial charge in [0.15, 0.2) is 11.5 Å². The number of imidazole rings is 1. The van der Waals surface area contributed by atoms with E-state index in [1.807, 2.05) is 22.2 Å². The highest BCUT2D eigenvalue weighted by molar-refractivity contribution is 7.07. The lowest BCUT2D eigenvalue weighted by Gasteiger charge is -2.16. The van der Waals surface area contributed by atoms with Gasteiger partial charge < -0.3 is 19.5 Å². The van der Waals surface area contributed by atoms with Gasteiger partial charge in [-0.1, -0.05) is 0 Å². The van der Waals surface area contributed by atoms with Crippen molar-refractivity contribution in [3.8, 4) is 22.9 Å². The zero-order valence-electron chi connectivity index (χ0n) is 13.4. The number of aromatic nitrogens is 2. The van der Waals surface area contributed by atoms with Crippen molar-refractivity contribution in [2.24, 2.45) is 5.92 Å². The third-order valence-electron chi connectivity index (χ3n) is 3.97. The van der Waals surface area contributed by atoms with Crippen LogP contribution in [0.2, 0.25) is 0 Å². The minimum atomic E-state index is 0.0848. The molecule has 1 aromatic carbocycles. The Balaban J connectivity index is 1.80. The molecule has 0 fully saturated rings. The van der Waals surface area contributed by atoms with E-state index in [2.05, 4.69) is 16.4 Å². The summed E-state index contributed by atoms with van der Waals surface area (Å²) in [6.07, 6.45) is 4.45. The van der Waals surface area contributed by atoms with Crippen LogP contribution in [0, 0.1) is 5.92 Å². The maximum Gasteiger partial charge on any atom is 0.160 e. The Labute approximate surface area is 144 Å². The van der Waals surface area contributed by atoms with Crippen LogP contribution >= 0.6 is 11.3 Å². The van der Waals surface area contributed by atoms with Gasteiger partial charge in [-0.15, -0.1) is 0 Å². The molecule has 6 heteroatoms. The fourth-order valence-electron chi connectivity index (χ4n) is 2.75. The van der Waals surface area contributed by atoms with E-state index < -0.39 is 0 Å². The molecule has 0 radical (unpaired) electrons. The molecule has 0 spiro atoms. The lowest BCUT2D eigenvalue weighted by atomic mass is 10.0. The van der Waals surface area contributed by atoms with Crippen LogP contribution in [0.4, 0.5) is 0 Å². The first-order chi connectivity index (χ1) is 11.7. The Hall–Kier alpha value is -2.31. The van der Waals surface area contributed by atoms with Crippen molar-refractivity contribution in [2.75, 3.05) is 13.7 Å². The molecule has 2 aromatic heterocycles. The average Bonchev–Trinajstić information content (AvgIpc) is 3.26. The molecule has 0 aliphatic heterocycles. The van der Waals surface area contributed by atoms with E-state index in [1.54, 1.807) is 29.7 Å². The smallest absolute Gasteiger partial charge is 0.160 e. The summed E-state index contributed by atoms with van der Waals surface area (Å²) >= 11 is 1.66. The van der Waals surface area contributed by atoms with E-state index in [4.69, 9.17) is 4.74 Å². The summed E-state index contributed by atoms with van der Waals surface area (Å²) in [4.78, 5) is 4.40. The molecule has 0 saturated carbocycles. The van der Waals surface area contributed by atoms with Crippen LogP contribution in [0.3, 0.4) is 0 Å². The van der Waals surface area contributed by atoms with Crippen molar-refractivity contribution in [3.05, 3.63) is 53.0 Å². The highest BCUT2D eigenvalue weighted by Crippen LogP contribution is 2.31. The Bertz CT molecular complexity index is 783. The first-order valence-corrected chi connectivity index (χ1v) is 8.66. The molecule has 0 unspecified atom stereocenters. The number of benzene rings is 1. The molecule has 0 amide bonds. The molecule has 3 aromatic rings. The van der Waals surface area contributed by atoms with Crippen molar-refractivity contribution in [2.45, 2.75) is 13.0 Å². The SMILES string of the molecule is COc1ccc(-c2nccn2C[C@H](CO)Cc2ccsc2)cc1O. The number of aliphatic hydroxyl groups excluding tert-OH is 1. The van der Waals surface area contributed by atoms with Crippen molar-refractivity contribution in [1.29, 1.82) is 0 Å². The van der Waals surface area contributed by atoms with E-state index in [1.165, 1.54) is 12.7 Å². The van der Waals surface area contributed by atoms with Crippen LogP contribution < -0.4 is 4.74 Å². The predicted molar refractivity (Wildman–Crippen MR) is 94.5 cm³/mol. The van der Waals surface area contributed by atoms with Gasteiger partial charge in [-0.3, -0.25) is 0 Å². The van der Waals surface area contributed by atoms with Crippen LogP contribution in [0.25, 0.3) is 11.4 Å². The molecule has 0 bridgehead atoms. The lowest BCUT2D eigenvalue weighted by Crippen LogP contribution is -2.17. The van der Waals surface area contributed by atoms with Gasteiger partial charge in [0.25, 0.3) is 0 Å². The summed E-state index contributed by atoms with van der Waals surface area (Å²) in [5.41, 5.74) is 2.05. The second kappa shape index (κ2) is 7.51. The van der Waals surface area contributed by atoms with Crippen molar-refractivity contribution < 1.29 is 14.9 Å². The van der Waals surface area contributed by atoms with Crippen LogP contribution in [-0.2, 0) is 13.0 Å². The fraction of sp³-hybridized carbons (Fsp3) is 0.278. The number of ether oxygens (including phenoxy) is 1. The van der Waals surface area contributed by atoms with Crippen LogP contribution in [0.15, 0.2) is 47.4 Å². The van der Waals surface area contributed by atoms with Crippen LogP contribution in [0.5, 0.6) is 11.5 Å². The lowest BCUT2D eigenvalue weighted by molar-refractivity contribution is 0.210. The highest BCUT2D eigenvalue weighted by Gasteiger charge is 2.14. The zero-order valence-corrected chi connectivity index (χ0v) is 14.2. The predicted octanol–water partition coefficient (Wildman–Crippen LogP) is 3.18. The number of nitrogens with zero attached hydrogens (tertiary/aromatic N) is 2. The third kappa shape index (κ3) is 3.60. The van der Waals surface area contributed by atoms with E-state index in [9.17, 15) is 10.2 Å². The molecule has 0 aliphatic carbocycles. The molecule has 126 valence electrons. The normalized spacial score (nSPS) is 12.2. The molecule has 0 saturated heterocycles. The average molecular weight is 344 g/mol. The number of aromatic hydroxyl groups is 1. The van der Waals surface area contributed by atoms with Gasteiger partial charge in [-0.25, -0.2) is 4.98 Å². The molecule has 24 heavy (non-hydrogen) atoms. The molecule has 1 atom stereocenters. The monoisotopic (exact) mass is 344 g/mol. The van der Waals surface area contributed by atoms with Gasteiger partial charge in [0.2, 0.25) is 0 Å². The summed E-state index contributed by atoms with van der Waals surface area (Å²) in [7, 11) is 1.52. The fourth-order valence-corrected chi connectivity index (χ4v) is 3.43. The summed E-state index contributed by atoms with van der Waals surface area (Å²) in [5.74, 6) is 1.39. The largest absolute Gasteiger partial charge is 0.504 e. The third-order valence-corrected chi connectivity index (χ3v) is 4.70. The van der Waals surface area contributed by atoms with Crippen molar-refractivity contribution in [1.82, 2.24) is 9.55 Å². The maximum absolute atomic E-state index is 9.98.